The molecule has 1 amide bonds. The Morgan fingerprint density at radius 3 is 2.80 bits per heavy atom. The summed E-state index contributed by atoms with van der Waals surface area (Å²) < 4.78 is 13.2. The van der Waals surface area contributed by atoms with Crippen LogP contribution in [-0.4, -0.2) is 41.5 Å². The number of likely N-dealkylation sites (tertiary alicyclic amines) is 1. The summed E-state index contributed by atoms with van der Waals surface area (Å²) in [6, 6.07) is 10.7. The van der Waals surface area contributed by atoms with Crippen molar-refractivity contribution in [2.75, 3.05) is 19.6 Å². The van der Waals surface area contributed by atoms with Crippen molar-refractivity contribution in [1.82, 2.24) is 20.7 Å². The molecule has 132 valence electrons. The lowest BCUT2D eigenvalue weighted by Crippen LogP contribution is -2.48. The minimum absolute atomic E-state index is 0.0685. The van der Waals surface area contributed by atoms with Gasteiger partial charge in [-0.3, -0.25) is 15.6 Å². The Labute approximate surface area is 146 Å². The van der Waals surface area contributed by atoms with E-state index in [-0.39, 0.29) is 23.7 Å². The van der Waals surface area contributed by atoms with E-state index in [1.165, 1.54) is 12.1 Å². The molecule has 2 aromatic rings. The number of nitrogens with zero attached hydrogens (tertiary/aromatic N) is 1. The predicted octanol–water partition coefficient (Wildman–Crippen LogP) is 2.27. The lowest BCUT2D eigenvalue weighted by molar-refractivity contribution is 0.0639. The molecule has 3 heterocycles. The summed E-state index contributed by atoms with van der Waals surface area (Å²) in [4.78, 5) is 17.6. The van der Waals surface area contributed by atoms with Crippen LogP contribution in [0.4, 0.5) is 4.39 Å². The van der Waals surface area contributed by atoms with Gasteiger partial charge in [-0.1, -0.05) is 12.1 Å². The number of halogens is 1. The minimum atomic E-state index is -0.209. The molecule has 2 aliphatic heterocycles. The van der Waals surface area contributed by atoms with E-state index < -0.39 is 0 Å². The number of hydrogen-bond donors (Lipinski definition) is 3. The minimum Gasteiger partial charge on any atom is -0.357 e. The molecular formula is C19H23FN4O. The first-order chi connectivity index (χ1) is 12.2. The second-order valence-electron chi connectivity index (χ2n) is 6.95. The standard InChI is InChI=1S/C19H23FN4O/c20-15-7-5-13(6-8-15)16-11-22-23-18(16)14-3-2-10-24(12-14)19(25)17-4-1-9-21-17/h1,4-9,14,16,18,21-23H,2-3,10-12H2. The van der Waals surface area contributed by atoms with Crippen LogP contribution < -0.4 is 10.9 Å². The molecule has 3 N–H and O–H groups in total. The number of hydrazine groups is 1. The van der Waals surface area contributed by atoms with Gasteiger partial charge in [-0.05, 0) is 48.6 Å². The third-order valence-electron chi connectivity index (χ3n) is 5.40. The number of hydrogen-bond acceptors (Lipinski definition) is 3. The first-order valence-electron chi connectivity index (χ1n) is 8.89. The van der Waals surface area contributed by atoms with Gasteiger partial charge in [-0.15, -0.1) is 0 Å². The smallest absolute Gasteiger partial charge is 0.270 e. The number of benzene rings is 1. The molecule has 0 spiro atoms. The van der Waals surface area contributed by atoms with Crippen molar-refractivity contribution in [3.63, 3.8) is 0 Å². The predicted molar refractivity (Wildman–Crippen MR) is 93.5 cm³/mol. The summed E-state index contributed by atoms with van der Waals surface area (Å²) in [5.74, 6) is 0.516. The summed E-state index contributed by atoms with van der Waals surface area (Å²) in [5.41, 5.74) is 8.43. The number of piperidine rings is 1. The maximum absolute atomic E-state index is 13.2. The Kier molecular flexibility index (Phi) is 4.55. The molecule has 1 aromatic heterocycles. The molecule has 2 fully saturated rings. The van der Waals surface area contributed by atoms with Gasteiger partial charge in [0.1, 0.15) is 11.5 Å². The van der Waals surface area contributed by atoms with E-state index in [0.29, 0.717) is 11.6 Å². The number of carbonyl (C=O) groups is 1. The van der Waals surface area contributed by atoms with Crippen LogP contribution in [0, 0.1) is 11.7 Å². The van der Waals surface area contributed by atoms with Gasteiger partial charge in [-0.2, -0.15) is 0 Å². The van der Waals surface area contributed by atoms with E-state index in [9.17, 15) is 9.18 Å². The van der Waals surface area contributed by atoms with Crippen LogP contribution in [-0.2, 0) is 0 Å². The summed E-state index contributed by atoms with van der Waals surface area (Å²) in [7, 11) is 0. The van der Waals surface area contributed by atoms with Gasteiger partial charge in [0, 0.05) is 37.8 Å². The number of nitrogens with one attached hydrogen (secondary N) is 3. The average molecular weight is 342 g/mol. The van der Waals surface area contributed by atoms with E-state index in [1.54, 1.807) is 6.20 Å². The lowest BCUT2D eigenvalue weighted by Gasteiger charge is -2.37. The van der Waals surface area contributed by atoms with E-state index in [1.807, 2.05) is 29.2 Å². The summed E-state index contributed by atoms with van der Waals surface area (Å²) >= 11 is 0. The highest BCUT2D eigenvalue weighted by Gasteiger charge is 2.37. The zero-order valence-electron chi connectivity index (χ0n) is 14.0. The van der Waals surface area contributed by atoms with Crippen molar-refractivity contribution in [2.45, 2.75) is 24.8 Å². The van der Waals surface area contributed by atoms with E-state index in [2.05, 4.69) is 15.8 Å². The Morgan fingerprint density at radius 1 is 1.20 bits per heavy atom. The van der Waals surface area contributed by atoms with Gasteiger partial charge in [0.25, 0.3) is 5.91 Å². The summed E-state index contributed by atoms with van der Waals surface area (Å²) in [6.07, 6.45) is 3.87. The quantitative estimate of drug-likeness (QED) is 0.802. The highest BCUT2D eigenvalue weighted by molar-refractivity contribution is 5.92. The van der Waals surface area contributed by atoms with Crippen LogP contribution in [0.5, 0.6) is 0 Å². The fraction of sp³-hybridized carbons (Fsp3) is 0.421. The second kappa shape index (κ2) is 6.98. The fourth-order valence-corrected chi connectivity index (χ4v) is 4.12. The van der Waals surface area contributed by atoms with Gasteiger partial charge < -0.3 is 9.88 Å². The largest absolute Gasteiger partial charge is 0.357 e. The summed E-state index contributed by atoms with van der Waals surface area (Å²) in [6.45, 7) is 2.36. The van der Waals surface area contributed by atoms with Gasteiger partial charge >= 0.3 is 0 Å². The molecule has 2 aliphatic rings. The molecule has 3 unspecified atom stereocenters. The zero-order valence-corrected chi connectivity index (χ0v) is 14.0. The van der Waals surface area contributed by atoms with Gasteiger partial charge in [-0.25, -0.2) is 4.39 Å². The first-order valence-corrected chi connectivity index (χ1v) is 8.89. The van der Waals surface area contributed by atoms with Crippen LogP contribution >= 0.6 is 0 Å². The Morgan fingerprint density at radius 2 is 2.04 bits per heavy atom. The van der Waals surface area contributed by atoms with Crippen LogP contribution in [0.2, 0.25) is 0 Å². The fourth-order valence-electron chi connectivity index (χ4n) is 4.12. The molecule has 1 aromatic carbocycles. The topological polar surface area (TPSA) is 60.2 Å². The van der Waals surface area contributed by atoms with Crippen molar-refractivity contribution in [1.29, 1.82) is 0 Å². The molecule has 0 radical (unpaired) electrons. The molecule has 25 heavy (non-hydrogen) atoms. The van der Waals surface area contributed by atoms with E-state index >= 15 is 0 Å². The molecule has 3 atom stereocenters. The first kappa shape index (κ1) is 16.3. The van der Waals surface area contributed by atoms with Crippen molar-refractivity contribution in [3.8, 4) is 0 Å². The third-order valence-corrected chi connectivity index (χ3v) is 5.40. The Hall–Kier alpha value is -2.18. The van der Waals surface area contributed by atoms with Crippen LogP contribution in [0.3, 0.4) is 0 Å². The van der Waals surface area contributed by atoms with E-state index in [0.717, 1.165) is 38.0 Å². The third kappa shape index (κ3) is 3.32. The number of aromatic nitrogens is 1. The number of rotatable bonds is 3. The van der Waals surface area contributed by atoms with Gasteiger partial charge in [0.15, 0.2) is 0 Å². The Balaban J connectivity index is 1.48. The SMILES string of the molecule is O=C(c1ccc[nH]1)N1CCCC(C2NNCC2c2ccc(F)cc2)C1. The normalized spacial score (nSPS) is 26.8. The van der Waals surface area contributed by atoms with Crippen LogP contribution in [0.25, 0.3) is 0 Å². The maximum Gasteiger partial charge on any atom is 0.270 e. The number of carbonyl (C=O) groups excluding carboxylic acids is 1. The highest BCUT2D eigenvalue weighted by Crippen LogP contribution is 2.32. The molecule has 0 bridgehead atoms. The zero-order chi connectivity index (χ0) is 17.2. The van der Waals surface area contributed by atoms with Crippen molar-refractivity contribution >= 4 is 5.91 Å². The monoisotopic (exact) mass is 342 g/mol. The molecule has 0 saturated carbocycles. The van der Waals surface area contributed by atoms with Crippen LogP contribution in [0.1, 0.15) is 34.8 Å². The number of amides is 1. The van der Waals surface area contributed by atoms with Crippen molar-refractivity contribution in [3.05, 3.63) is 59.7 Å². The maximum atomic E-state index is 13.2. The van der Waals surface area contributed by atoms with Crippen molar-refractivity contribution in [2.24, 2.45) is 5.92 Å². The number of aromatic amines is 1. The highest BCUT2D eigenvalue weighted by atomic mass is 19.1. The van der Waals surface area contributed by atoms with Gasteiger partial charge in [0.05, 0.1) is 0 Å². The molecular weight excluding hydrogens is 319 g/mol. The summed E-state index contributed by atoms with van der Waals surface area (Å²) in [5, 5.41) is 0. The lowest BCUT2D eigenvalue weighted by atomic mass is 9.81. The molecule has 0 aliphatic carbocycles. The number of H-pyrrole nitrogens is 1. The molecule has 4 rings (SSSR count). The molecule has 6 heteroatoms. The molecule has 5 nitrogen and oxygen atoms in total. The Bertz CT molecular complexity index is 716. The molecule has 2 saturated heterocycles. The average Bonchev–Trinajstić information content (AvgIpc) is 3.34. The van der Waals surface area contributed by atoms with E-state index in [4.69, 9.17) is 0 Å². The van der Waals surface area contributed by atoms with Crippen molar-refractivity contribution < 1.29 is 9.18 Å². The van der Waals surface area contributed by atoms with Crippen LogP contribution in [0.15, 0.2) is 42.6 Å². The van der Waals surface area contributed by atoms with Gasteiger partial charge in [0.2, 0.25) is 0 Å². The second-order valence-corrected chi connectivity index (χ2v) is 6.95.